The van der Waals surface area contributed by atoms with Gasteiger partial charge in [0.15, 0.2) is 0 Å². The first-order valence-electron chi connectivity index (χ1n) is 7.41. The Labute approximate surface area is 124 Å². The Hall–Kier alpha value is -1.20. The predicted molar refractivity (Wildman–Crippen MR) is 79.4 cm³/mol. The molecule has 0 spiro atoms. The van der Waals surface area contributed by atoms with E-state index in [1.807, 2.05) is 6.07 Å². The van der Waals surface area contributed by atoms with Crippen molar-refractivity contribution in [2.45, 2.75) is 51.8 Å². The summed E-state index contributed by atoms with van der Waals surface area (Å²) >= 11 is 0. The molecular formula is C16H24F2N2O. The molecule has 1 aliphatic rings. The maximum absolute atomic E-state index is 12.5. The normalized spacial score (nSPS) is 22.5. The molecule has 1 aromatic rings. The van der Waals surface area contributed by atoms with E-state index in [2.05, 4.69) is 23.9 Å². The smallest absolute Gasteiger partial charge is 0.387 e. The van der Waals surface area contributed by atoms with Crippen LogP contribution in [0.15, 0.2) is 24.3 Å². The summed E-state index contributed by atoms with van der Waals surface area (Å²) in [7, 11) is 0. The van der Waals surface area contributed by atoms with Gasteiger partial charge in [0.2, 0.25) is 0 Å². The molecule has 21 heavy (non-hydrogen) atoms. The standard InChI is InChI=1S/C16H24F2N2O/c1-16(2)8-7-11(9-16)20-13(10-19)12-5-3-4-6-14(12)21-15(17)18/h3-6,11,13,15,20H,7-10,19H2,1-2H3. The van der Waals surface area contributed by atoms with E-state index in [9.17, 15) is 8.78 Å². The Bertz CT molecular complexity index is 465. The van der Waals surface area contributed by atoms with Crippen LogP contribution in [0.1, 0.15) is 44.7 Å². The number of hydrogen-bond donors (Lipinski definition) is 2. The van der Waals surface area contributed by atoms with Gasteiger partial charge in [-0.25, -0.2) is 0 Å². The molecule has 1 fully saturated rings. The maximum Gasteiger partial charge on any atom is 0.387 e. The molecule has 3 N–H and O–H groups in total. The van der Waals surface area contributed by atoms with E-state index in [0.29, 0.717) is 23.6 Å². The zero-order valence-electron chi connectivity index (χ0n) is 12.6. The topological polar surface area (TPSA) is 47.3 Å². The highest BCUT2D eigenvalue weighted by Crippen LogP contribution is 2.38. The van der Waals surface area contributed by atoms with Crippen LogP contribution < -0.4 is 15.8 Å². The van der Waals surface area contributed by atoms with Crippen molar-refractivity contribution in [3.8, 4) is 5.75 Å². The number of halogens is 2. The molecule has 1 aromatic carbocycles. The van der Waals surface area contributed by atoms with E-state index >= 15 is 0 Å². The molecule has 0 aliphatic heterocycles. The number of nitrogens with one attached hydrogen (secondary N) is 1. The third-order valence-electron chi connectivity index (χ3n) is 4.15. The maximum atomic E-state index is 12.5. The summed E-state index contributed by atoms with van der Waals surface area (Å²) in [5.74, 6) is 0.202. The van der Waals surface area contributed by atoms with Crippen molar-refractivity contribution < 1.29 is 13.5 Å². The molecule has 0 bridgehead atoms. The molecule has 2 rings (SSSR count). The minimum atomic E-state index is -2.82. The first kappa shape index (κ1) is 16.2. The van der Waals surface area contributed by atoms with E-state index in [0.717, 1.165) is 19.3 Å². The Morgan fingerprint density at radius 2 is 2.10 bits per heavy atom. The van der Waals surface area contributed by atoms with Crippen molar-refractivity contribution >= 4 is 0 Å². The van der Waals surface area contributed by atoms with Gasteiger partial charge in [-0.15, -0.1) is 0 Å². The predicted octanol–water partition coefficient (Wildman–Crippen LogP) is 3.46. The van der Waals surface area contributed by atoms with Crippen molar-refractivity contribution in [3.05, 3.63) is 29.8 Å². The molecule has 1 aliphatic carbocycles. The number of hydrogen-bond acceptors (Lipinski definition) is 3. The van der Waals surface area contributed by atoms with Crippen LogP contribution in [0.2, 0.25) is 0 Å². The summed E-state index contributed by atoms with van der Waals surface area (Å²) in [5, 5.41) is 3.50. The number of ether oxygens (including phenoxy) is 1. The van der Waals surface area contributed by atoms with Crippen LogP contribution in [0.3, 0.4) is 0 Å². The van der Waals surface area contributed by atoms with Gasteiger partial charge in [-0.1, -0.05) is 32.0 Å². The number of nitrogens with two attached hydrogens (primary N) is 1. The fourth-order valence-corrected chi connectivity index (χ4v) is 3.12. The van der Waals surface area contributed by atoms with Crippen LogP contribution in [-0.2, 0) is 0 Å². The molecular weight excluding hydrogens is 274 g/mol. The lowest BCUT2D eigenvalue weighted by Gasteiger charge is -2.25. The molecule has 0 amide bonds. The second-order valence-electron chi connectivity index (χ2n) is 6.48. The molecule has 5 heteroatoms. The average molecular weight is 298 g/mol. The lowest BCUT2D eigenvalue weighted by atomic mass is 9.91. The highest BCUT2D eigenvalue weighted by Gasteiger charge is 2.32. The van der Waals surface area contributed by atoms with E-state index in [-0.39, 0.29) is 11.8 Å². The van der Waals surface area contributed by atoms with Gasteiger partial charge in [-0.2, -0.15) is 8.78 Å². The fraction of sp³-hybridized carbons (Fsp3) is 0.625. The van der Waals surface area contributed by atoms with Gasteiger partial charge in [-0.3, -0.25) is 0 Å². The van der Waals surface area contributed by atoms with Crippen LogP contribution in [0, 0.1) is 5.41 Å². The first-order chi connectivity index (χ1) is 9.91. The quantitative estimate of drug-likeness (QED) is 0.845. The zero-order chi connectivity index (χ0) is 15.5. The van der Waals surface area contributed by atoms with E-state index in [1.54, 1.807) is 18.2 Å². The molecule has 1 saturated carbocycles. The minimum Gasteiger partial charge on any atom is -0.434 e. The summed E-state index contributed by atoms with van der Waals surface area (Å²) in [4.78, 5) is 0. The molecule has 2 atom stereocenters. The number of benzene rings is 1. The van der Waals surface area contributed by atoms with Gasteiger partial charge in [0.1, 0.15) is 5.75 Å². The summed E-state index contributed by atoms with van der Waals surface area (Å²) in [6.07, 6.45) is 3.32. The lowest BCUT2D eigenvalue weighted by molar-refractivity contribution is -0.0507. The number of para-hydroxylation sites is 1. The molecule has 0 heterocycles. The first-order valence-corrected chi connectivity index (χ1v) is 7.41. The Morgan fingerprint density at radius 3 is 2.67 bits per heavy atom. The van der Waals surface area contributed by atoms with Gasteiger partial charge >= 0.3 is 6.61 Å². The van der Waals surface area contributed by atoms with Crippen LogP contribution in [-0.4, -0.2) is 19.2 Å². The monoisotopic (exact) mass is 298 g/mol. The summed E-state index contributed by atoms with van der Waals surface area (Å²) < 4.78 is 29.6. The van der Waals surface area contributed by atoms with E-state index in [1.165, 1.54) is 0 Å². The van der Waals surface area contributed by atoms with Crippen LogP contribution in [0.25, 0.3) is 0 Å². The van der Waals surface area contributed by atoms with Crippen LogP contribution in [0.4, 0.5) is 8.78 Å². The van der Waals surface area contributed by atoms with E-state index < -0.39 is 6.61 Å². The highest BCUT2D eigenvalue weighted by molar-refractivity contribution is 5.36. The zero-order valence-corrected chi connectivity index (χ0v) is 12.6. The molecule has 0 radical (unpaired) electrons. The third kappa shape index (κ3) is 4.38. The fourth-order valence-electron chi connectivity index (χ4n) is 3.12. The van der Waals surface area contributed by atoms with Crippen molar-refractivity contribution in [3.63, 3.8) is 0 Å². The third-order valence-corrected chi connectivity index (χ3v) is 4.15. The average Bonchev–Trinajstić information content (AvgIpc) is 2.75. The highest BCUT2D eigenvalue weighted by atomic mass is 19.3. The van der Waals surface area contributed by atoms with Gasteiger partial charge < -0.3 is 15.8 Å². The van der Waals surface area contributed by atoms with Gasteiger partial charge in [-0.05, 0) is 30.7 Å². The molecule has 3 nitrogen and oxygen atoms in total. The largest absolute Gasteiger partial charge is 0.434 e. The van der Waals surface area contributed by atoms with E-state index in [4.69, 9.17) is 5.73 Å². The second-order valence-corrected chi connectivity index (χ2v) is 6.48. The van der Waals surface area contributed by atoms with Gasteiger partial charge in [0.05, 0.1) is 0 Å². The molecule has 2 unspecified atom stereocenters. The summed E-state index contributed by atoms with van der Waals surface area (Å²) in [6, 6.07) is 7.06. The van der Waals surface area contributed by atoms with Gasteiger partial charge in [0, 0.05) is 24.2 Å². The van der Waals surface area contributed by atoms with Gasteiger partial charge in [0.25, 0.3) is 0 Å². The minimum absolute atomic E-state index is 0.168. The lowest BCUT2D eigenvalue weighted by Crippen LogP contribution is -2.36. The second kappa shape index (κ2) is 6.71. The number of rotatable bonds is 6. The number of alkyl halides is 2. The summed E-state index contributed by atoms with van der Waals surface area (Å²) in [5.41, 5.74) is 6.87. The molecule has 118 valence electrons. The Kier molecular flexibility index (Phi) is 5.17. The Morgan fingerprint density at radius 1 is 1.38 bits per heavy atom. The Balaban J connectivity index is 2.10. The van der Waals surface area contributed by atoms with Crippen LogP contribution in [0.5, 0.6) is 5.75 Å². The molecule has 0 saturated heterocycles. The van der Waals surface area contributed by atoms with Crippen molar-refractivity contribution in [2.75, 3.05) is 6.54 Å². The summed E-state index contributed by atoms with van der Waals surface area (Å²) in [6.45, 7) is 2.02. The van der Waals surface area contributed by atoms with Crippen LogP contribution >= 0.6 is 0 Å². The molecule has 0 aromatic heterocycles. The van der Waals surface area contributed by atoms with Crippen molar-refractivity contribution in [1.29, 1.82) is 0 Å². The SMILES string of the molecule is CC1(C)CCC(NC(CN)c2ccccc2OC(F)F)C1. The van der Waals surface area contributed by atoms with Crippen molar-refractivity contribution in [2.24, 2.45) is 11.1 Å². The van der Waals surface area contributed by atoms with Crippen molar-refractivity contribution in [1.82, 2.24) is 5.32 Å².